The van der Waals surface area contributed by atoms with Crippen LogP contribution in [0.3, 0.4) is 0 Å². The molecule has 0 bridgehead atoms. The summed E-state index contributed by atoms with van der Waals surface area (Å²) in [5.74, 6) is 0.285. The highest BCUT2D eigenvalue weighted by atomic mass is 32.2. The molecule has 0 atom stereocenters. The van der Waals surface area contributed by atoms with Gasteiger partial charge in [0.15, 0.2) is 0 Å². The Bertz CT molecular complexity index is 1100. The molecule has 10 heteroatoms. The Morgan fingerprint density at radius 1 is 0.897 bits per heavy atom. The molecule has 1 aromatic heterocycles. The van der Waals surface area contributed by atoms with Crippen molar-refractivity contribution in [2.75, 3.05) is 13.1 Å². The first-order valence-electron chi connectivity index (χ1n) is 8.87. The Kier molecular flexibility index (Phi) is 4.91. The Labute approximate surface area is 165 Å². The molecule has 0 aliphatic carbocycles. The van der Waals surface area contributed by atoms with Crippen LogP contribution in [0.15, 0.2) is 57.9 Å². The third-order valence-electron chi connectivity index (χ3n) is 4.70. The van der Waals surface area contributed by atoms with Gasteiger partial charge in [0.1, 0.15) is 0 Å². The lowest BCUT2D eigenvalue weighted by atomic mass is 10.1. The fraction of sp³-hybridized carbons (Fsp3) is 0.263. The number of hydrogen-bond donors (Lipinski definition) is 0. The monoisotopic (exact) mass is 423 g/mol. The summed E-state index contributed by atoms with van der Waals surface area (Å²) >= 11 is 0. The van der Waals surface area contributed by atoms with Crippen LogP contribution in [0.25, 0.3) is 22.8 Å². The third-order valence-corrected chi connectivity index (χ3v) is 6.61. The van der Waals surface area contributed by atoms with E-state index in [1.54, 1.807) is 12.1 Å². The molecule has 1 aliphatic rings. The van der Waals surface area contributed by atoms with Gasteiger partial charge in [0, 0.05) is 24.2 Å². The smallest absolute Gasteiger partial charge is 0.334 e. The summed E-state index contributed by atoms with van der Waals surface area (Å²) in [4.78, 5) is 4.38. The largest absolute Gasteiger partial charge is 0.416 e. The lowest BCUT2D eigenvalue weighted by Gasteiger charge is -2.15. The van der Waals surface area contributed by atoms with Gasteiger partial charge in [-0.15, -0.1) is 0 Å². The topological polar surface area (TPSA) is 76.3 Å². The zero-order valence-electron chi connectivity index (χ0n) is 15.1. The molecule has 1 saturated heterocycles. The molecule has 1 aliphatic heterocycles. The molecule has 29 heavy (non-hydrogen) atoms. The van der Waals surface area contributed by atoms with Crippen molar-refractivity contribution in [2.24, 2.45) is 0 Å². The molecule has 0 amide bonds. The molecule has 4 rings (SSSR count). The molecular weight excluding hydrogens is 407 g/mol. The first kappa shape index (κ1) is 19.6. The van der Waals surface area contributed by atoms with Gasteiger partial charge in [-0.25, -0.2) is 8.42 Å². The van der Waals surface area contributed by atoms with Crippen molar-refractivity contribution in [3.8, 4) is 22.8 Å². The predicted octanol–water partition coefficient (Wildman–Crippen LogP) is 4.21. The van der Waals surface area contributed by atoms with Crippen molar-refractivity contribution in [3.05, 3.63) is 54.1 Å². The van der Waals surface area contributed by atoms with Crippen molar-refractivity contribution in [1.82, 2.24) is 14.4 Å². The molecule has 2 aromatic carbocycles. The lowest BCUT2D eigenvalue weighted by Crippen LogP contribution is -2.27. The van der Waals surface area contributed by atoms with Gasteiger partial charge >= 0.3 is 6.18 Å². The van der Waals surface area contributed by atoms with E-state index in [0.29, 0.717) is 24.2 Å². The number of hydrogen-bond acceptors (Lipinski definition) is 5. The molecule has 152 valence electrons. The number of halogens is 3. The fourth-order valence-corrected chi connectivity index (χ4v) is 4.63. The average Bonchev–Trinajstić information content (AvgIpc) is 3.40. The maximum atomic E-state index is 12.7. The standard InChI is InChI=1S/C19H16F3N3O3S/c20-19(21,22)15-7-3-14(4-8-15)18-23-17(24-28-18)13-5-9-16(10-6-13)29(26,27)25-11-1-2-12-25/h3-10H,1-2,11-12H2. The third kappa shape index (κ3) is 3.90. The number of rotatable bonds is 4. The zero-order valence-corrected chi connectivity index (χ0v) is 15.9. The van der Waals surface area contributed by atoms with Crippen molar-refractivity contribution < 1.29 is 26.1 Å². The fourth-order valence-electron chi connectivity index (χ4n) is 3.11. The summed E-state index contributed by atoms with van der Waals surface area (Å²) in [6, 6.07) is 10.5. The second-order valence-electron chi connectivity index (χ2n) is 6.63. The normalized spacial score (nSPS) is 15.7. The quantitative estimate of drug-likeness (QED) is 0.629. The van der Waals surface area contributed by atoms with E-state index in [-0.39, 0.29) is 16.6 Å². The molecule has 1 fully saturated rings. The van der Waals surface area contributed by atoms with Gasteiger partial charge in [-0.1, -0.05) is 5.16 Å². The minimum atomic E-state index is -4.42. The van der Waals surface area contributed by atoms with E-state index in [4.69, 9.17) is 4.52 Å². The van der Waals surface area contributed by atoms with Crippen LogP contribution in [0.5, 0.6) is 0 Å². The molecule has 6 nitrogen and oxygen atoms in total. The minimum Gasteiger partial charge on any atom is -0.334 e. The Hall–Kier alpha value is -2.72. The predicted molar refractivity (Wildman–Crippen MR) is 98.2 cm³/mol. The second kappa shape index (κ2) is 7.27. The van der Waals surface area contributed by atoms with E-state index < -0.39 is 21.8 Å². The number of aromatic nitrogens is 2. The highest BCUT2D eigenvalue weighted by molar-refractivity contribution is 7.89. The summed E-state index contributed by atoms with van der Waals surface area (Å²) in [7, 11) is -3.51. The Morgan fingerprint density at radius 3 is 2.07 bits per heavy atom. The van der Waals surface area contributed by atoms with Gasteiger partial charge in [-0.05, 0) is 61.4 Å². The van der Waals surface area contributed by atoms with E-state index in [9.17, 15) is 21.6 Å². The van der Waals surface area contributed by atoms with Crippen molar-refractivity contribution >= 4 is 10.0 Å². The average molecular weight is 423 g/mol. The number of nitrogens with zero attached hydrogens (tertiary/aromatic N) is 3. The van der Waals surface area contributed by atoms with Gasteiger partial charge in [0.25, 0.3) is 5.89 Å². The number of alkyl halides is 3. The number of sulfonamides is 1. The Morgan fingerprint density at radius 2 is 1.48 bits per heavy atom. The highest BCUT2D eigenvalue weighted by Gasteiger charge is 2.30. The van der Waals surface area contributed by atoms with Crippen molar-refractivity contribution in [1.29, 1.82) is 0 Å². The minimum absolute atomic E-state index is 0.0717. The molecule has 2 heterocycles. The summed E-state index contributed by atoms with van der Waals surface area (Å²) in [6.07, 6.45) is -2.71. The number of benzene rings is 2. The van der Waals surface area contributed by atoms with Crippen molar-refractivity contribution in [2.45, 2.75) is 23.9 Å². The maximum absolute atomic E-state index is 12.7. The highest BCUT2D eigenvalue weighted by Crippen LogP contribution is 2.31. The molecule has 0 N–H and O–H groups in total. The summed E-state index contributed by atoms with van der Waals surface area (Å²) < 4.78 is 69.7. The molecular formula is C19H16F3N3O3S. The van der Waals surface area contributed by atoms with Crippen LogP contribution in [0, 0.1) is 0 Å². The molecule has 0 unspecified atom stereocenters. The molecule has 0 saturated carbocycles. The van der Waals surface area contributed by atoms with Crippen LogP contribution in [0.4, 0.5) is 13.2 Å². The van der Waals surface area contributed by atoms with E-state index in [0.717, 1.165) is 25.0 Å². The first-order chi connectivity index (χ1) is 13.7. The van der Waals surface area contributed by atoms with Gasteiger partial charge < -0.3 is 4.52 Å². The molecule has 3 aromatic rings. The van der Waals surface area contributed by atoms with E-state index >= 15 is 0 Å². The zero-order chi connectivity index (χ0) is 20.6. The summed E-state index contributed by atoms with van der Waals surface area (Å²) in [5.41, 5.74) is 0.119. The van der Waals surface area contributed by atoms with Gasteiger partial charge in [-0.3, -0.25) is 0 Å². The molecule has 0 spiro atoms. The summed E-state index contributed by atoms with van der Waals surface area (Å²) in [5, 5.41) is 3.84. The maximum Gasteiger partial charge on any atom is 0.416 e. The van der Waals surface area contributed by atoms with Crippen molar-refractivity contribution in [3.63, 3.8) is 0 Å². The van der Waals surface area contributed by atoms with Gasteiger partial charge in [0.05, 0.1) is 10.5 Å². The van der Waals surface area contributed by atoms with Crippen LogP contribution in [-0.4, -0.2) is 36.0 Å². The second-order valence-corrected chi connectivity index (χ2v) is 8.57. The van der Waals surface area contributed by atoms with E-state index in [2.05, 4.69) is 10.1 Å². The van der Waals surface area contributed by atoms with Crippen LogP contribution in [0.2, 0.25) is 0 Å². The first-order valence-corrected chi connectivity index (χ1v) is 10.3. The Balaban J connectivity index is 1.55. The van der Waals surface area contributed by atoms with E-state index in [1.807, 2.05) is 0 Å². The van der Waals surface area contributed by atoms with Crippen LogP contribution in [0.1, 0.15) is 18.4 Å². The lowest BCUT2D eigenvalue weighted by molar-refractivity contribution is -0.137. The SMILES string of the molecule is O=S(=O)(c1ccc(-c2noc(-c3ccc(C(F)(F)F)cc3)n2)cc1)N1CCCC1. The van der Waals surface area contributed by atoms with E-state index in [1.165, 1.54) is 28.6 Å². The van der Waals surface area contributed by atoms with Gasteiger partial charge in [0.2, 0.25) is 15.8 Å². The van der Waals surface area contributed by atoms with Gasteiger partial charge in [-0.2, -0.15) is 22.5 Å². The van der Waals surface area contributed by atoms with Crippen LogP contribution in [-0.2, 0) is 16.2 Å². The molecule has 0 radical (unpaired) electrons. The summed E-state index contributed by atoms with van der Waals surface area (Å²) in [6.45, 7) is 1.04. The van der Waals surface area contributed by atoms with Crippen LogP contribution < -0.4 is 0 Å². The van der Waals surface area contributed by atoms with Crippen LogP contribution >= 0.6 is 0 Å².